The van der Waals surface area contributed by atoms with Gasteiger partial charge >= 0.3 is 5.97 Å². The van der Waals surface area contributed by atoms with Crippen LogP contribution >= 0.6 is 0 Å². The van der Waals surface area contributed by atoms with Gasteiger partial charge in [-0.15, -0.1) is 0 Å². The largest absolute Gasteiger partial charge is 0.497 e. The first-order valence-corrected chi connectivity index (χ1v) is 12.1. The van der Waals surface area contributed by atoms with Gasteiger partial charge in [0.15, 0.2) is 0 Å². The second-order valence-corrected chi connectivity index (χ2v) is 9.15. The van der Waals surface area contributed by atoms with Crippen molar-refractivity contribution in [2.45, 2.75) is 31.3 Å². The second kappa shape index (κ2) is 9.92. The average Bonchev–Trinajstić information content (AvgIpc) is 3.06. The van der Waals surface area contributed by atoms with Gasteiger partial charge in [0, 0.05) is 23.9 Å². The summed E-state index contributed by atoms with van der Waals surface area (Å²) in [7, 11) is 1.67. The molecule has 0 amide bonds. The molecular weight excluding hydrogens is 440 g/mol. The van der Waals surface area contributed by atoms with Gasteiger partial charge in [-0.1, -0.05) is 42.5 Å². The number of hydrogen-bond donors (Lipinski definition) is 1. The average molecular weight is 471 g/mol. The Morgan fingerprint density at radius 3 is 2.66 bits per heavy atom. The van der Waals surface area contributed by atoms with Gasteiger partial charge in [0.1, 0.15) is 18.1 Å². The fourth-order valence-corrected chi connectivity index (χ4v) is 5.21. The second-order valence-electron chi connectivity index (χ2n) is 9.15. The number of aliphatic carboxylic acids is 1. The number of likely N-dealkylation sites (tertiary alicyclic amines) is 1. The molecule has 35 heavy (non-hydrogen) atoms. The number of piperidine rings is 1. The van der Waals surface area contributed by atoms with Gasteiger partial charge < -0.3 is 19.5 Å². The Morgan fingerprint density at radius 1 is 1.11 bits per heavy atom. The van der Waals surface area contributed by atoms with Crippen molar-refractivity contribution in [2.75, 3.05) is 26.7 Å². The van der Waals surface area contributed by atoms with Crippen molar-refractivity contribution in [2.24, 2.45) is 0 Å². The molecule has 0 unspecified atom stereocenters. The molecule has 0 atom stereocenters. The summed E-state index contributed by atoms with van der Waals surface area (Å²) in [5, 5.41) is 10.1. The summed E-state index contributed by atoms with van der Waals surface area (Å²) >= 11 is 0. The summed E-state index contributed by atoms with van der Waals surface area (Å²) in [5.74, 6) is 0.883. The number of aromatic nitrogens is 1. The lowest BCUT2D eigenvalue weighted by molar-refractivity contribution is -0.146. The van der Waals surface area contributed by atoms with Crippen LogP contribution in [0, 0.1) is 0 Å². The molecule has 1 N–H and O–H groups in total. The molecule has 0 bridgehead atoms. The number of hydrogen-bond acceptors (Lipinski definition) is 5. The van der Waals surface area contributed by atoms with Crippen LogP contribution in [0.2, 0.25) is 0 Å². The first-order chi connectivity index (χ1) is 17.1. The number of fused-ring (bicyclic) bond motifs is 2. The van der Waals surface area contributed by atoms with Crippen LogP contribution in [0.5, 0.6) is 11.5 Å². The molecule has 180 valence electrons. The van der Waals surface area contributed by atoms with E-state index in [0.29, 0.717) is 19.4 Å². The van der Waals surface area contributed by atoms with Gasteiger partial charge in [-0.3, -0.25) is 9.78 Å². The normalized spacial score (nSPS) is 18.1. The standard InChI is InChI=1S/C29H30N2O4/c1-34-22-11-12-27-25(19-22)23(24-9-5-15-30-26(24)20-35-27)10-6-16-31-17-13-29(14-18-31,28(32)33)21-7-3-2-4-8-21/h2-5,7-12,15,19H,6,13-14,16-18,20H2,1H3,(H,32,33)/b23-10+. The minimum absolute atomic E-state index is 0.426. The fraction of sp³-hybridized carbons (Fsp3) is 0.310. The molecule has 1 saturated heterocycles. The van der Waals surface area contributed by atoms with Gasteiger partial charge in [-0.05, 0) is 67.8 Å². The van der Waals surface area contributed by atoms with Crippen molar-refractivity contribution in [1.29, 1.82) is 0 Å². The summed E-state index contributed by atoms with van der Waals surface area (Å²) < 4.78 is 11.5. The maximum absolute atomic E-state index is 12.3. The molecule has 2 aromatic carbocycles. The minimum Gasteiger partial charge on any atom is -0.497 e. The quantitative estimate of drug-likeness (QED) is 0.551. The molecule has 0 spiro atoms. The van der Waals surface area contributed by atoms with Gasteiger partial charge in [0.25, 0.3) is 0 Å². The molecule has 6 nitrogen and oxygen atoms in total. The molecule has 3 aromatic rings. The number of carboxylic acid groups (broad SMARTS) is 1. The number of ether oxygens (including phenoxy) is 2. The molecule has 2 aliphatic rings. The Balaban J connectivity index is 1.34. The van der Waals surface area contributed by atoms with Crippen LogP contribution in [-0.2, 0) is 16.8 Å². The van der Waals surface area contributed by atoms with E-state index in [0.717, 1.165) is 65.5 Å². The summed E-state index contributed by atoms with van der Waals surface area (Å²) in [6.07, 6.45) is 6.12. The van der Waals surface area contributed by atoms with Crippen LogP contribution in [0.25, 0.3) is 5.57 Å². The molecular formula is C29H30N2O4. The highest BCUT2D eigenvalue weighted by Gasteiger charge is 2.42. The fourth-order valence-electron chi connectivity index (χ4n) is 5.21. The maximum Gasteiger partial charge on any atom is 0.314 e. The van der Waals surface area contributed by atoms with Crippen LogP contribution in [0.4, 0.5) is 0 Å². The van der Waals surface area contributed by atoms with E-state index in [9.17, 15) is 9.90 Å². The third kappa shape index (κ3) is 4.54. The molecule has 0 saturated carbocycles. The van der Waals surface area contributed by atoms with Crippen molar-refractivity contribution in [3.8, 4) is 11.5 Å². The van der Waals surface area contributed by atoms with Gasteiger partial charge in [-0.2, -0.15) is 0 Å². The van der Waals surface area contributed by atoms with Crippen LogP contribution < -0.4 is 9.47 Å². The highest BCUT2D eigenvalue weighted by molar-refractivity contribution is 5.85. The van der Waals surface area contributed by atoms with Crippen molar-refractivity contribution in [1.82, 2.24) is 9.88 Å². The SMILES string of the molecule is COc1ccc2c(c1)/C(=C/CCN1CCC(C(=O)O)(c3ccccc3)CC1)c1cccnc1CO2. The zero-order chi connectivity index (χ0) is 24.3. The summed E-state index contributed by atoms with van der Waals surface area (Å²) in [6, 6.07) is 19.6. The molecule has 0 radical (unpaired) electrons. The van der Waals surface area contributed by atoms with Crippen molar-refractivity contribution < 1.29 is 19.4 Å². The molecule has 5 rings (SSSR count). The maximum atomic E-state index is 12.3. The zero-order valence-electron chi connectivity index (χ0n) is 19.9. The Kier molecular flexibility index (Phi) is 6.55. The number of carbonyl (C=O) groups is 1. The van der Waals surface area contributed by atoms with Crippen molar-refractivity contribution >= 4 is 11.5 Å². The van der Waals surface area contributed by atoms with E-state index in [4.69, 9.17) is 9.47 Å². The molecule has 1 fully saturated rings. The number of carboxylic acids is 1. The Morgan fingerprint density at radius 2 is 1.91 bits per heavy atom. The molecule has 3 heterocycles. The van der Waals surface area contributed by atoms with Crippen LogP contribution in [0.1, 0.15) is 41.6 Å². The van der Waals surface area contributed by atoms with Crippen LogP contribution in [0.15, 0.2) is 72.9 Å². The Bertz CT molecular complexity index is 1230. The summed E-state index contributed by atoms with van der Waals surface area (Å²) in [4.78, 5) is 19.2. The van der Waals surface area contributed by atoms with Crippen LogP contribution in [-0.4, -0.2) is 47.7 Å². The lowest BCUT2D eigenvalue weighted by atomic mass is 9.73. The summed E-state index contributed by atoms with van der Waals surface area (Å²) in [5.41, 5.74) is 4.20. The molecule has 0 aliphatic carbocycles. The van der Waals surface area contributed by atoms with E-state index >= 15 is 0 Å². The third-order valence-electron chi connectivity index (χ3n) is 7.26. The number of rotatable bonds is 6. The Hall–Kier alpha value is -3.64. The van der Waals surface area contributed by atoms with Crippen LogP contribution in [0.3, 0.4) is 0 Å². The number of pyridine rings is 1. The van der Waals surface area contributed by atoms with Gasteiger partial charge in [0.05, 0.1) is 18.2 Å². The number of nitrogens with zero attached hydrogens (tertiary/aromatic N) is 2. The number of methoxy groups -OCH3 is 1. The lowest BCUT2D eigenvalue weighted by Gasteiger charge is -2.39. The van der Waals surface area contributed by atoms with E-state index in [1.165, 1.54) is 0 Å². The predicted octanol–water partition coefficient (Wildman–Crippen LogP) is 4.92. The Labute approximate surface area is 205 Å². The predicted molar refractivity (Wildman–Crippen MR) is 135 cm³/mol. The minimum atomic E-state index is -0.797. The first kappa shape index (κ1) is 23.1. The third-order valence-corrected chi connectivity index (χ3v) is 7.26. The monoisotopic (exact) mass is 470 g/mol. The first-order valence-electron chi connectivity index (χ1n) is 12.1. The van der Waals surface area contributed by atoms with E-state index in [1.54, 1.807) is 13.3 Å². The van der Waals surface area contributed by atoms with E-state index in [1.807, 2.05) is 54.6 Å². The van der Waals surface area contributed by atoms with Gasteiger partial charge in [0.2, 0.25) is 0 Å². The summed E-state index contributed by atoms with van der Waals surface area (Å²) in [6.45, 7) is 2.81. The smallest absolute Gasteiger partial charge is 0.314 e. The highest BCUT2D eigenvalue weighted by Crippen LogP contribution is 2.39. The topological polar surface area (TPSA) is 71.9 Å². The number of benzene rings is 2. The van der Waals surface area contributed by atoms with Crippen molar-refractivity contribution in [3.05, 3.63) is 95.3 Å². The highest BCUT2D eigenvalue weighted by atomic mass is 16.5. The zero-order valence-corrected chi connectivity index (χ0v) is 19.9. The van der Waals surface area contributed by atoms with Crippen molar-refractivity contribution in [3.63, 3.8) is 0 Å². The van der Waals surface area contributed by atoms with Gasteiger partial charge in [-0.25, -0.2) is 0 Å². The molecule has 6 heteroatoms. The lowest BCUT2D eigenvalue weighted by Crippen LogP contribution is -2.47. The van der Waals surface area contributed by atoms with E-state index < -0.39 is 11.4 Å². The molecule has 2 aliphatic heterocycles. The van der Waals surface area contributed by atoms with E-state index in [2.05, 4.69) is 22.0 Å². The molecule has 1 aromatic heterocycles. The van der Waals surface area contributed by atoms with E-state index in [-0.39, 0.29) is 0 Å².